The minimum absolute atomic E-state index is 0.0135. The summed E-state index contributed by atoms with van der Waals surface area (Å²) in [6.07, 6.45) is 15.3. The molecule has 1 N–H and O–H groups in total. The van der Waals surface area contributed by atoms with Crippen molar-refractivity contribution in [2.75, 3.05) is 43.4 Å². The van der Waals surface area contributed by atoms with Gasteiger partial charge in [0.25, 0.3) is 5.19 Å². The van der Waals surface area contributed by atoms with Crippen LogP contribution in [0.1, 0.15) is 76.7 Å². The summed E-state index contributed by atoms with van der Waals surface area (Å²) in [5.74, 6) is -0.0614. The van der Waals surface area contributed by atoms with Crippen LogP contribution in [0.4, 0.5) is 5.95 Å². The van der Waals surface area contributed by atoms with Crippen molar-refractivity contribution < 1.29 is 32.6 Å². The van der Waals surface area contributed by atoms with Crippen molar-refractivity contribution in [1.29, 1.82) is 0 Å². The van der Waals surface area contributed by atoms with Gasteiger partial charge in [0.15, 0.2) is 0 Å². The molecule has 14 heteroatoms. The number of sulfonamides is 1. The number of aryl methyl sites for hydroxylation is 1. The second-order valence-electron chi connectivity index (χ2n) is 12.3. The van der Waals surface area contributed by atoms with Gasteiger partial charge in [0.1, 0.15) is 6.10 Å². The van der Waals surface area contributed by atoms with Crippen LogP contribution in [0.3, 0.4) is 0 Å². The number of thiazole rings is 1. The Balaban J connectivity index is 1.04. The van der Waals surface area contributed by atoms with Crippen LogP contribution in [-0.4, -0.2) is 89.4 Å². The summed E-state index contributed by atoms with van der Waals surface area (Å²) in [4.78, 5) is 38.2. The molecule has 46 heavy (non-hydrogen) atoms. The number of rotatable bonds is 15. The number of carbonyl (C=O) groups is 2. The van der Waals surface area contributed by atoms with E-state index in [1.54, 1.807) is 15.6 Å². The molecule has 0 aromatic carbocycles. The lowest BCUT2D eigenvalue weighted by molar-refractivity contribution is -0.147. The molecule has 2 aliphatic heterocycles. The van der Waals surface area contributed by atoms with Crippen LogP contribution in [-0.2, 0) is 30.8 Å². The van der Waals surface area contributed by atoms with Crippen molar-refractivity contribution in [3.05, 3.63) is 27.8 Å². The van der Waals surface area contributed by atoms with Crippen LogP contribution < -0.4 is 19.5 Å². The average molecular weight is 676 g/mol. The first kappa shape index (κ1) is 34.2. The van der Waals surface area contributed by atoms with E-state index in [0.717, 1.165) is 73.9 Å². The van der Waals surface area contributed by atoms with E-state index in [0.29, 0.717) is 43.0 Å². The van der Waals surface area contributed by atoms with Gasteiger partial charge in [-0.2, -0.15) is 0 Å². The summed E-state index contributed by atoms with van der Waals surface area (Å²) in [6.45, 7) is 4.98. The molecule has 0 amide bonds. The molecular formula is C32H45N5O7S2. The van der Waals surface area contributed by atoms with E-state index < -0.39 is 22.0 Å². The number of carboxylic acids is 1. The highest BCUT2D eigenvalue weighted by molar-refractivity contribution is 7.89. The first-order chi connectivity index (χ1) is 22.2. The maximum atomic E-state index is 12.9. The van der Waals surface area contributed by atoms with Gasteiger partial charge in [-0.25, -0.2) is 27.7 Å². The molecule has 2 aromatic heterocycles. The Kier molecular flexibility index (Phi) is 12.0. The smallest absolute Gasteiger partial charge is 0.306 e. The first-order valence-electron chi connectivity index (χ1n) is 16.5. The standard InChI is InChI=1S/C32H45N5O7S2/c1-2-5-23-21-33-31(34-22-23)36-14-12-26(13-15-36)44-32-35-27-7-6-25(20-28(27)45-32)24-10-16-37(17-11-24)46(41,42)19-4-3-18-43-30(40)9-8-29(38)39/h7,20-22,24-26H,2-6,8-19H2,1H3,(H,38,39). The van der Waals surface area contributed by atoms with Crippen molar-refractivity contribution in [2.45, 2.75) is 83.7 Å². The lowest BCUT2D eigenvalue weighted by Crippen LogP contribution is -2.41. The van der Waals surface area contributed by atoms with E-state index in [9.17, 15) is 18.0 Å². The Labute approximate surface area is 274 Å². The highest BCUT2D eigenvalue weighted by Crippen LogP contribution is 2.31. The summed E-state index contributed by atoms with van der Waals surface area (Å²) in [7, 11) is -3.38. The van der Waals surface area contributed by atoms with Gasteiger partial charge in [-0.05, 0) is 55.9 Å². The molecule has 1 aliphatic carbocycles. The predicted octanol–water partition coefficient (Wildman–Crippen LogP) is 2.74. The molecule has 0 radical (unpaired) electrons. The largest absolute Gasteiger partial charge is 0.481 e. The third-order valence-corrected chi connectivity index (χ3v) is 11.8. The summed E-state index contributed by atoms with van der Waals surface area (Å²) in [5.41, 5.74) is 1.17. The van der Waals surface area contributed by atoms with E-state index in [-0.39, 0.29) is 31.3 Å². The Bertz CT molecular complexity index is 1550. The van der Waals surface area contributed by atoms with Crippen molar-refractivity contribution in [2.24, 2.45) is 11.8 Å². The third-order valence-electron chi connectivity index (χ3n) is 8.93. The molecule has 1 unspecified atom stereocenters. The van der Waals surface area contributed by atoms with Crippen LogP contribution in [0.5, 0.6) is 5.19 Å². The number of nitrogens with zero attached hydrogens (tertiary/aromatic N) is 5. The normalized spacial score (nSPS) is 19.6. The Morgan fingerprint density at radius 3 is 2.48 bits per heavy atom. The van der Waals surface area contributed by atoms with Gasteiger partial charge in [-0.1, -0.05) is 36.8 Å². The quantitative estimate of drug-likeness (QED) is 0.219. The zero-order valence-electron chi connectivity index (χ0n) is 26.5. The molecule has 4 heterocycles. The molecule has 2 fully saturated rings. The van der Waals surface area contributed by atoms with Crippen molar-refractivity contribution in [3.8, 4) is 5.19 Å². The van der Waals surface area contributed by atoms with Gasteiger partial charge in [0.05, 0.1) is 35.1 Å². The van der Waals surface area contributed by atoms with Gasteiger partial charge in [0.2, 0.25) is 16.0 Å². The maximum Gasteiger partial charge on any atom is 0.306 e. The zero-order valence-corrected chi connectivity index (χ0v) is 28.1. The van der Waals surface area contributed by atoms with Crippen molar-refractivity contribution in [1.82, 2.24) is 19.3 Å². The minimum Gasteiger partial charge on any atom is -0.481 e. The SMILES string of the molecule is CCCc1cnc(N2CCC(Oc3nc4c(s3)=CC(C3CCN(S(=O)(=O)CCCCOC(=O)CCC(=O)O)CC3)CC=4)CC2)nc1. The molecule has 2 aromatic rings. The van der Waals surface area contributed by atoms with Crippen LogP contribution in [0.25, 0.3) is 12.2 Å². The molecule has 1 atom stereocenters. The molecule has 5 rings (SSSR count). The Hall–Kier alpha value is -3.10. The average Bonchev–Trinajstić information content (AvgIpc) is 3.46. The van der Waals surface area contributed by atoms with Gasteiger partial charge in [-0.15, -0.1) is 0 Å². The Morgan fingerprint density at radius 1 is 1.04 bits per heavy atom. The predicted molar refractivity (Wildman–Crippen MR) is 175 cm³/mol. The van der Waals surface area contributed by atoms with E-state index in [1.807, 2.05) is 12.4 Å². The number of aromatic nitrogens is 3. The van der Waals surface area contributed by atoms with Gasteiger partial charge < -0.3 is 19.5 Å². The van der Waals surface area contributed by atoms with Crippen LogP contribution in [0, 0.1) is 11.8 Å². The van der Waals surface area contributed by atoms with Crippen molar-refractivity contribution >= 4 is 51.4 Å². The molecule has 3 aliphatic rings. The molecule has 0 spiro atoms. The summed E-state index contributed by atoms with van der Waals surface area (Å²) in [6, 6.07) is 0. The first-order valence-corrected chi connectivity index (χ1v) is 18.9. The monoisotopic (exact) mass is 675 g/mol. The molecule has 0 saturated carbocycles. The highest BCUT2D eigenvalue weighted by Gasteiger charge is 2.31. The second-order valence-corrected chi connectivity index (χ2v) is 15.4. The van der Waals surface area contributed by atoms with Crippen LogP contribution in [0.15, 0.2) is 12.4 Å². The molecule has 2 saturated heterocycles. The number of hydrogen-bond acceptors (Lipinski definition) is 11. The lowest BCUT2D eigenvalue weighted by atomic mass is 9.81. The van der Waals surface area contributed by atoms with Crippen LogP contribution in [0.2, 0.25) is 0 Å². The van der Waals surface area contributed by atoms with E-state index in [1.165, 1.54) is 5.56 Å². The number of carboxylic acid groups (broad SMARTS) is 1. The topological polar surface area (TPSA) is 152 Å². The van der Waals surface area contributed by atoms with E-state index in [2.05, 4.69) is 33.9 Å². The Morgan fingerprint density at radius 2 is 1.78 bits per heavy atom. The second kappa shape index (κ2) is 16.1. The van der Waals surface area contributed by atoms with Crippen LogP contribution >= 0.6 is 11.3 Å². The van der Waals surface area contributed by atoms with E-state index >= 15 is 0 Å². The number of unbranched alkanes of at least 4 members (excludes halogenated alkanes) is 1. The molecule has 12 nitrogen and oxygen atoms in total. The molecular weight excluding hydrogens is 631 g/mol. The fraction of sp³-hybridized carbons (Fsp3) is 0.656. The van der Waals surface area contributed by atoms with Gasteiger partial charge >= 0.3 is 11.9 Å². The number of esters is 1. The summed E-state index contributed by atoms with van der Waals surface area (Å²) in [5, 5.41) is 10.3. The number of carbonyl (C=O) groups excluding carboxylic acids is 1. The zero-order chi connectivity index (χ0) is 32.5. The number of piperidine rings is 2. The maximum absolute atomic E-state index is 12.9. The third kappa shape index (κ3) is 9.47. The fourth-order valence-corrected chi connectivity index (χ4v) is 8.87. The minimum atomic E-state index is -3.38. The highest BCUT2D eigenvalue weighted by atomic mass is 32.2. The number of aliphatic carboxylic acids is 1. The molecule has 0 bridgehead atoms. The number of hydrogen-bond donors (Lipinski definition) is 1. The summed E-state index contributed by atoms with van der Waals surface area (Å²) >= 11 is 1.60. The number of anilines is 1. The number of fused-ring (bicyclic) bond motifs is 1. The number of ether oxygens (including phenoxy) is 2. The fourth-order valence-electron chi connectivity index (χ4n) is 6.29. The lowest BCUT2D eigenvalue weighted by Gasteiger charge is -2.34. The molecule has 252 valence electrons. The van der Waals surface area contributed by atoms with Gasteiger partial charge in [-0.3, -0.25) is 9.59 Å². The van der Waals surface area contributed by atoms with E-state index in [4.69, 9.17) is 19.6 Å². The summed E-state index contributed by atoms with van der Waals surface area (Å²) < 4.78 is 39.9. The van der Waals surface area contributed by atoms with Crippen molar-refractivity contribution in [3.63, 3.8) is 0 Å². The van der Waals surface area contributed by atoms with Gasteiger partial charge in [0, 0.05) is 51.4 Å².